The number of hydrogen-bond acceptors (Lipinski definition) is 16. The summed E-state index contributed by atoms with van der Waals surface area (Å²) in [6, 6.07) is 89.2. The van der Waals surface area contributed by atoms with Crippen molar-refractivity contribution in [2.45, 2.75) is 117 Å². The molecule has 0 amide bonds. The molecular formula is C128H130O16. The van der Waals surface area contributed by atoms with E-state index in [0.717, 1.165) is 77.9 Å². The smallest absolute Gasteiger partial charge is 0.193 e. The molecule has 3 N–H and O–H groups in total. The van der Waals surface area contributed by atoms with Gasteiger partial charge in [-0.25, -0.2) is 0 Å². The fraction of sp³-hybridized carbons (Fsp3) is 0.180. The van der Waals surface area contributed by atoms with Gasteiger partial charge in [-0.05, 0) is 295 Å². The number of allylic oxidation sites excluding steroid dienone is 7. The van der Waals surface area contributed by atoms with Crippen LogP contribution in [0, 0.1) is 96.9 Å². The SMILES string of the molecule is COc1cc(CO)ccc1C(=O)/C=C/c1ccc(C)cc1C.COc1ccc(CO)cc1C(=O)/C=C/c1ccc(C)cc1C.COc1cccc(C(=O)/C=C/c2ccc(C)cc2C)c1.COc1cccc(OC)c1C(=O)/C=C/c1ccc(C)cc1C.COc1ccccc1C(=O)/C=C/c1ccc(C)cc1C.Cc1ccc(/C=C/C(=O)c2ccc(CO)cc2)c(C)c1.Cc1ccc(/C=C/C(=O)c2ccccc2)c(C)c1. The first kappa shape index (κ1) is 113. The normalized spacial score (nSPS) is 10.8. The highest BCUT2D eigenvalue weighted by molar-refractivity contribution is 6.13. The quantitative estimate of drug-likeness (QED) is 0.0280. The van der Waals surface area contributed by atoms with Crippen LogP contribution in [0.25, 0.3) is 42.5 Å². The van der Waals surface area contributed by atoms with Gasteiger partial charge in [-0.3, -0.25) is 33.6 Å². The molecule has 0 atom stereocenters. The van der Waals surface area contributed by atoms with Crippen LogP contribution in [0.4, 0.5) is 0 Å². The minimum absolute atomic E-state index is 0.00707. The molecule has 14 aromatic carbocycles. The number of aliphatic hydroxyl groups excluding tert-OH is 3. The molecule has 0 saturated carbocycles. The second kappa shape index (κ2) is 58.0. The lowest BCUT2D eigenvalue weighted by Crippen LogP contribution is -2.02. The number of ketones is 7. The number of aryl methyl sites for hydroxylation is 14. The summed E-state index contributed by atoms with van der Waals surface area (Å²) in [6.45, 7) is 28.4. The van der Waals surface area contributed by atoms with Crippen LogP contribution in [0.5, 0.6) is 34.5 Å². The molecule has 14 rings (SSSR count). The van der Waals surface area contributed by atoms with Crippen LogP contribution in [0.3, 0.4) is 0 Å². The van der Waals surface area contributed by atoms with Crippen molar-refractivity contribution in [2.75, 3.05) is 42.7 Å². The van der Waals surface area contributed by atoms with E-state index in [9.17, 15) is 38.7 Å². The minimum Gasteiger partial charge on any atom is -0.497 e. The highest BCUT2D eigenvalue weighted by atomic mass is 16.5. The summed E-state index contributed by atoms with van der Waals surface area (Å²) in [4.78, 5) is 85.5. The van der Waals surface area contributed by atoms with Crippen LogP contribution in [0.2, 0.25) is 0 Å². The van der Waals surface area contributed by atoms with Crippen molar-refractivity contribution in [3.8, 4) is 34.5 Å². The Labute approximate surface area is 849 Å². The number of hydrogen-bond donors (Lipinski definition) is 3. The molecule has 0 aliphatic carbocycles. The molecule has 0 unspecified atom stereocenters. The first-order valence-corrected chi connectivity index (χ1v) is 47.0. The molecule has 738 valence electrons. The van der Waals surface area contributed by atoms with Crippen molar-refractivity contribution in [3.63, 3.8) is 0 Å². The first-order valence-electron chi connectivity index (χ1n) is 47.0. The number of para-hydroxylation sites is 1. The summed E-state index contributed by atoms with van der Waals surface area (Å²) in [5, 5.41) is 27.3. The lowest BCUT2D eigenvalue weighted by atomic mass is 10.0. The molecule has 0 saturated heterocycles. The molecule has 14 aromatic rings. The molecule has 16 heteroatoms. The van der Waals surface area contributed by atoms with Gasteiger partial charge in [0.1, 0.15) is 40.1 Å². The Balaban J connectivity index is 0.000000205. The summed E-state index contributed by atoms with van der Waals surface area (Å²) >= 11 is 0. The van der Waals surface area contributed by atoms with Gasteiger partial charge in [0.05, 0.1) is 79.2 Å². The third-order valence-corrected chi connectivity index (χ3v) is 23.2. The third-order valence-electron chi connectivity index (χ3n) is 23.2. The second-order valence-corrected chi connectivity index (χ2v) is 34.5. The summed E-state index contributed by atoms with van der Waals surface area (Å²) in [5.41, 5.74) is 30.0. The number of carbonyl (C=O) groups excluding carboxylic acids is 7. The summed E-state index contributed by atoms with van der Waals surface area (Å²) in [7, 11) is 9.29. The monoisotopic (exact) mass is 1920 g/mol. The molecule has 0 spiro atoms. The lowest BCUT2D eigenvalue weighted by Gasteiger charge is -2.10. The molecule has 0 fully saturated rings. The molecule has 0 aliphatic rings. The number of carbonyl (C=O) groups is 7. The van der Waals surface area contributed by atoms with Gasteiger partial charge in [-0.1, -0.05) is 306 Å². The summed E-state index contributed by atoms with van der Waals surface area (Å²) in [5.74, 6) is 2.80. The fourth-order valence-electron chi connectivity index (χ4n) is 15.1. The summed E-state index contributed by atoms with van der Waals surface area (Å²) in [6.07, 6.45) is 23.9. The Morgan fingerprint density at radius 1 is 0.208 bits per heavy atom. The Bertz CT molecular complexity index is 6990. The molecule has 144 heavy (non-hydrogen) atoms. The van der Waals surface area contributed by atoms with E-state index >= 15 is 0 Å². The van der Waals surface area contributed by atoms with E-state index in [0.29, 0.717) is 79.0 Å². The van der Waals surface area contributed by atoms with Gasteiger partial charge in [-0.15, -0.1) is 0 Å². The lowest BCUT2D eigenvalue weighted by molar-refractivity contribution is 0.103. The molecule has 0 aromatic heterocycles. The van der Waals surface area contributed by atoms with Gasteiger partial charge in [0.25, 0.3) is 0 Å². The van der Waals surface area contributed by atoms with Gasteiger partial charge >= 0.3 is 0 Å². The van der Waals surface area contributed by atoms with E-state index in [4.69, 9.17) is 38.6 Å². The van der Waals surface area contributed by atoms with Crippen LogP contribution in [-0.4, -0.2) is 98.5 Å². The second-order valence-electron chi connectivity index (χ2n) is 34.5. The maximum absolute atomic E-state index is 12.5. The summed E-state index contributed by atoms with van der Waals surface area (Å²) < 4.78 is 31.3. The molecule has 0 radical (unpaired) electrons. The van der Waals surface area contributed by atoms with Crippen LogP contribution in [-0.2, 0) is 19.8 Å². The van der Waals surface area contributed by atoms with Crippen LogP contribution in [0.1, 0.15) is 206 Å². The van der Waals surface area contributed by atoms with Gasteiger partial charge < -0.3 is 43.7 Å². The Kier molecular flexibility index (Phi) is 45.5. The van der Waals surface area contributed by atoms with Crippen molar-refractivity contribution in [1.29, 1.82) is 0 Å². The topological polar surface area (TPSA) is 236 Å². The van der Waals surface area contributed by atoms with Gasteiger partial charge in [0.2, 0.25) is 0 Å². The van der Waals surface area contributed by atoms with E-state index in [1.54, 1.807) is 168 Å². The van der Waals surface area contributed by atoms with Crippen LogP contribution < -0.4 is 28.4 Å². The first-order chi connectivity index (χ1) is 69.1. The van der Waals surface area contributed by atoms with Crippen molar-refractivity contribution in [2.24, 2.45) is 0 Å². The van der Waals surface area contributed by atoms with Gasteiger partial charge in [-0.2, -0.15) is 0 Å². The van der Waals surface area contributed by atoms with E-state index in [-0.39, 0.29) is 60.3 Å². The molecular weight excluding hydrogens is 1790 g/mol. The van der Waals surface area contributed by atoms with Crippen LogP contribution in [0.15, 0.2) is 328 Å². The zero-order valence-electron chi connectivity index (χ0n) is 86.0. The predicted molar refractivity (Wildman–Crippen MR) is 587 cm³/mol. The zero-order chi connectivity index (χ0) is 105. The number of rotatable bonds is 30. The Morgan fingerprint density at radius 2 is 0.479 bits per heavy atom. The minimum atomic E-state index is -0.146. The van der Waals surface area contributed by atoms with E-state index in [2.05, 4.69) is 76.2 Å². The standard InChI is InChI=1S/3C19H20O3.3C18H18O2.C17H16O/c1-13-8-9-15(14(2)12-13)10-11-16(20)19-17(21-3)6-5-7-18(19)22-4;1-13-4-6-16(14(2)10-13)7-8-18(21)17-11-15(12-20)5-9-19(17)22-3;1-13-4-6-16(14(2)10-13)7-9-18(21)17-8-5-15(12-20)11-19(17)22-3;1-13-3-6-16(14(2)11-13)9-10-18(20)17-7-4-15(12-19)5-8-17;1-13-7-8-15(14(2)11-13)9-10-18(19)16-5-4-6-17(12-16)20-3;1-13-8-9-15(14(2)12-13)10-11-17(19)16-6-4-5-7-18(16)20-3;1-13-8-9-15(14(2)12-13)10-11-17(18)16-6-4-3-5-7-16/h5-12H,1-4H3;2*4-11,20H,12H2,1-3H3;3-11,19H,12H2,1-2H3;2*4-12H,1-3H3;3-12H,1-2H3/b11-10+;8-7+;9-7+;2*10-9+;2*11-10+. The Morgan fingerprint density at radius 3 is 0.826 bits per heavy atom. The number of methoxy groups -OCH3 is 6. The van der Waals surface area contributed by atoms with E-state index in [1.807, 2.05) is 245 Å². The zero-order valence-corrected chi connectivity index (χ0v) is 86.0. The molecule has 0 heterocycles. The fourth-order valence-corrected chi connectivity index (χ4v) is 15.1. The predicted octanol–water partition coefficient (Wildman–Crippen LogP) is 27.9. The largest absolute Gasteiger partial charge is 0.497 e. The molecule has 16 nitrogen and oxygen atoms in total. The molecule has 0 bridgehead atoms. The van der Waals surface area contributed by atoms with Crippen molar-refractivity contribution in [1.82, 2.24) is 0 Å². The van der Waals surface area contributed by atoms with Crippen molar-refractivity contribution in [3.05, 3.63) is 500 Å². The van der Waals surface area contributed by atoms with Crippen molar-refractivity contribution >= 4 is 83.0 Å². The Hall–Kier alpha value is -16.4. The maximum Gasteiger partial charge on any atom is 0.193 e. The van der Waals surface area contributed by atoms with E-state index < -0.39 is 0 Å². The van der Waals surface area contributed by atoms with Gasteiger partial charge in [0, 0.05) is 16.7 Å². The number of ether oxygens (including phenoxy) is 6. The number of aliphatic hydroxyl groups is 3. The third kappa shape index (κ3) is 35.4. The van der Waals surface area contributed by atoms with Crippen LogP contribution >= 0.6 is 0 Å². The average molecular weight is 1920 g/mol. The van der Waals surface area contributed by atoms with Gasteiger partial charge in [0.15, 0.2) is 40.5 Å². The average Bonchev–Trinajstić information content (AvgIpc) is 0.823. The van der Waals surface area contributed by atoms with E-state index in [1.165, 1.54) is 70.4 Å². The number of benzene rings is 14. The highest BCUT2D eigenvalue weighted by Crippen LogP contribution is 2.32. The van der Waals surface area contributed by atoms with Crippen molar-refractivity contribution < 1.29 is 77.3 Å². The molecule has 0 aliphatic heterocycles. The highest BCUT2D eigenvalue weighted by Gasteiger charge is 2.19. The maximum atomic E-state index is 12.5.